The van der Waals surface area contributed by atoms with Gasteiger partial charge in [-0.25, -0.2) is 0 Å². The van der Waals surface area contributed by atoms with E-state index in [2.05, 4.69) is 17.3 Å². The van der Waals surface area contributed by atoms with E-state index in [4.69, 9.17) is 4.74 Å². The fraction of sp³-hybridized carbons (Fsp3) is 0.750. The quantitative estimate of drug-likeness (QED) is 0.770. The van der Waals surface area contributed by atoms with Gasteiger partial charge in [-0.1, -0.05) is 13.3 Å². The highest BCUT2D eigenvalue weighted by atomic mass is 16.5. The van der Waals surface area contributed by atoms with Crippen LogP contribution in [0.1, 0.15) is 38.4 Å². The largest absolute Gasteiger partial charge is 0.376 e. The molecule has 1 aromatic heterocycles. The molecule has 0 amide bonds. The summed E-state index contributed by atoms with van der Waals surface area (Å²) in [4.78, 5) is 0. The second-order valence-corrected chi connectivity index (χ2v) is 3.93. The summed E-state index contributed by atoms with van der Waals surface area (Å²) in [6.07, 6.45) is 4.23. The van der Waals surface area contributed by atoms with E-state index in [1.807, 2.05) is 38.0 Å². The van der Waals surface area contributed by atoms with E-state index in [9.17, 15) is 0 Å². The molecule has 0 aliphatic rings. The molecule has 1 heterocycles. The van der Waals surface area contributed by atoms with Gasteiger partial charge in [-0.2, -0.15) is 5.10 Å². The van der Waals surface area contributed by atoms with Crippen molar-refractivity contribution in [3.8, 4) is 0 Å². The standard InChI is InChI=1S/C12H23N3O/c1-5-7-11(16-6-2)12(13-3)10-8-9-14-15(10)4/h8-9,11-13H,5-7H2,1-4H3. The minimum absolute atomic E-state index is 0.215. The first kappa shape index (κ1) is 13.2. The highest BCUT2D eigenvalue weighted by Gasteiger charge is 2.23. The number of nitrogens with one attached hydrogen (secondary N) is 1. The first-order valence-corrected chi connectivity index (χ1v) is 6.01. The van der Waals surface area contributed by atoms with Gasteiger partial charge in [-0.15, -0.1) is 0 Å². The SMILES string of the molecule is CCCC(OCC)C(NC)c1ccnn1C. The van der Waals surface area contributed by atoms with E-state index >= 15 is 0 Å². The Hall–Kier alpha value is -0.870. The van der Waals surface area contributed by atoms with E-state index in [1.54, 1.807) is 0 Å². The van der Waals surface area contributed by atoms with Crippen molar-refractivity contribution in [1.82, 2.24) is 15.1 Å². The monoisotopic (exact) mass is 225 g/mol. The van der Waals surface area contributed by atoms with Crippen molar-refractivity contribution in [2.75, 3.05) is 13.7 Å². The number of aryl methyl sites for hydroxylation is 1. The minimum atomic E-state index is 0.215. The van der Waals surface area contributed by atoms with Gasteiger partial charge in [-0.05, 0) is 26.5 Å². The second kappa shape index (κ2) is 6.66. The summed E-state index contributed by atoms with van der Waals surface area (Å²) in [6, 6.07) is 2.26. The van der Waals surface area contributed by atoms with Crippen molar-refractivity contribution in [1.29, 1.82) is 0 Å². The Morgan fingerprint density at radius 1 is 1.50 bits per heavy atom. The zero-order valence-corrected chi connectivity index (χ0v) is 10.7. The number of likely N-dealkylation sites (N-methyl/N-ethyl adjacent to an activating group) is 1. The summed E-state index contributed by atoms with van der Waals surface area (Å²) >= 11 is 0. The Labute approximate surface area is 98.0 Å². The Morgan fingerprint density at radius 3 is 2.69 bits per heavy atom. The lowest BCUT2D eigenvalue weighted by Crippen LogP contribution is -2.33. The lowest BCUT2D eigenvalue weighted by atomic mass is 10.0. The van der Waals surface area contributed by atoms with Crippen LogP contribution in [0.3, 0.4) is 0 Å². The predicted octanol–water partition coefficient (Wildman–Crippen LogP) is 1.89. The second-order valence-electron chi connectivity index (χ2n) is 3.93. The van der Waals surface area contributed by atoms with Gasteiger partial charge in [0.15, 0.2) is 0 Å². The molecular weight excluding hydrogens is 202 g/mol. The van der Waals surface area contributed by atoms with E-state index < -0.39 is 0 Å². The third kappa shape index (κ3) is 3.06. The predicted molar refractivity (Wildman–Crippen MR) is 65.3 cm³/mol. The van der Waals surface area contributed by atoms with Crippen molar-refractivity contribution in [2.24, 2.45) is 7.05 Å². The smallest absolute Gasteiger partial charge is 0.0784 e. The molecule has 16 heavy (non-hydrogen) atoms. The first-order chi connectivity index (χ1) is 7.74. The molecule has 0 spiro atoms. The Balaban J connectivity index is 2.81. The van der Waals surface area contributed by atoms with Gasteiger partial charge in [0, 0.05) is 19.9 Å². The van der Waals surface area contributed by atoms with Crippen LogP contribution in [0.5, 0.6) is 0 Å². The van der Waals surface area contributed by atoms with E-state index in [0.29, 0.717) is 0 Å². The van der Waals surface area contributed by atoms with Crippen LogP contribution in [0.25, 0.3) is 0 Å². The first-order valence-electron chi connectivity index (χ1n) is 6.01. The normalized spacial score (nSPS) is 15.0. The third-order valence-electron chi connectivity index (χ3n) is 2.81. The van der Waals surface area contributed by atoms with Crippen molar-refractivity contribution in [3.63, 3.8) is 0 Å². The summed E-state index contributed by atoms with van der Waals surface area (Å²) in [7, 11) is 3.94. The van der Waals surface area contributed by atoms with Crippen molar-refractivity contribution < 1.29 is 4.74 Å². The fourth-order valence-electron chi connectivity index (χ4n) is 2.06. The summed E-state index contributed by atoms with van der Waals surface area (Å²) in [5.74, 6) is 0. The number of ether oxygens (including phenoxy) is 1. The molecular formula is C12H23N3O. The molecule has 0 saturated heterocycles. The van der Waals surface area contributed by atoms with E-state index in [0.717, 1.165) is 19.4 Å². The molecule has 1 aromatic rings. The van der Waals surface area contributed by atoms with Crippen LogP contribution in [0.4, 0.5) is 0 Å². The van der Waals surface area contributed by atoms with Crippen LogP contribution in [0, 0.1) is 0 Å². The van der Waals surface area contributed by atoms with Crippen LogP contribution in [-0.2, 0) is 11.8 Å². The zero-order chi connectivity index (χ0) is 12.0. The van der Waals surface area contributed by atoms with Crippen LogP contribution in [-0.4, -0.2) is 29.5 Å². The number of nitrogens with zero attached hydrogens (tertiary/aromatic N) is 2. The average molecular weight is 225 g/mol. The van der Waals surface area contributed by atoms with Gasteiger partial charge in [0.1, 0.15) is 0 Å². The lowest BCUT2D eigenvalue weighted by molar-refractivity contribution is 0.0276. The number of aromatic nitrogens is 2. The Bertz CT molecular complexity index is 292. The molecule has 2 atom stereocenters. The van der Waals surface area contributed by atoms with Gasteiger partial charge in [0.05, 0.1) is 17.8 Å². The van der Waals surface area contributed by atoms with Crippen LogP contribution >= 0.6 is 0 Å². The van der Waals surface area contributed by atoms with Crippen molar-refractivity contribution >= 4 is 0 Å². The number of hydrogen-bond donors (Lipinski definition) is 1. The highest BCUT2D eigenvalue weighted by molar-refractivity contribution is 5.08. The Morgan fingerprint density at radius 2 is 2.25 bits per heavy atom. The molecule has 4 nitrogen and oxygen atoms in total. The molecule has 0 bridgehead atoms. The molecule has 4 heteroatoms. The number of rotatable bonds is 7. The summed E-state index contributed by atoms with van der Waals surface area (Å²) in [6.45, 7) is 4.97. The summed E-state index contributed by atoms with van der Waals surface area (Å²) < 4.78 is 7.72. The maximum Gasteiger partial charge on any atom is 0.0784 e. The third-order valence-corrected chi connectivity index (χ3v) is 2.81. The molecule has 92 valence electrons. The van der Waals surface area contributed by atoms with Crippen LogP contribution in [0.2, 0.25) is 0 Å². The number of hydrogen-bond acceptors (Lipinski definition) is 3. The van der Waals surface area contributed by atoms with Gasteiger partial charge in [0.2, 0.25) is 0 Å². The van der Waals surface area contributed by atoms with Crippen LogP contribution in [0.15, 0.2) is 12.3 Å². The summed E-state index contributed by atoms with van der Waals surface area (Å²) in [5.41, 5.74) is 1.18. The van der Waals surface area contributed by atoms with Gasteiger partial charge in [0.25, 0.3) is 0 Å². The van der Waals surface area contributed by atoms with Gasteiger partial charge < -0.3 is 10.1 Å². The molecule has 0 fully saturated rings. The topological polar surface area (TPSA) is 39.1 Å². The maximum atomic E-state index is 5.81. The Kier molecular flexibility index (Phi) is 5.49. The van der Waals surface area contributed by atoms with E-state index in [1.165, 1.54) is 5.69 Å². The zero-order valence-electron chi connectivity index (χ0n) is 10.7. The van der Waals surface area contributed by atoms with E-state index in [-0.39, 0.29) is 12.1 Å². The molecule has 2 unspecified atom stereocenters. The average Bonchev–Trinajstić information content (AvgIpc) is 2.67. The minimum Gasteiger partial charge on any atom is -0.376 e. The molecule has 0 aliphatic heterocycles. The molecule has 0 aliphatic carbocycles. The molecule has 1 rings (SSSR count). The molecule has 0 saturated carbocycles. The lowest BCUT2D eigenvalue weighted by Gasteiger charge is -2.26. The molecule has 0 radical (unpaired) electrons. The van der Waals surface area contributed by atoms with Crippen LogP contribution < -0.4 is 5.32 Å². The van der Waals surface area contributed by atoms with Crippen molar-refractivity contribution in [3.05, 3.63) is 18.0 Å². The maximum absolute atomic E-state index is 5.81. The fourth-order valence-corrected chi connectivity index (χ4v) is 2.06. The molecule has 0 aromatic carbocycles. The molecule has 1 N–H and O–H groups in total. The van der Waals surface area contributed by atoms with Gasteiger partial charge >= 0.3 is 0 Å². The van der Waals surface area contributed by atoms with Gasteiger partial charge in [-0.3, -0.25) is 4.68 Å². The highest BCUT2D eigenvalue weighted by Crippen LogP contribution is 2.21. The summed E-state index contributed by atoms with van der Waals surface area (Å²) in [5, 5.41) is 7.54. The van der Waals surface area contributed by atoms with Crippen molar-refractivity contribution in [2.45, 2.75) is 38.8 Å².